The molecule has 0 atom stereocenters. The summed E-state index contributed by atoms with van der Waals surface area (Å²) in [6.07, 6.45) is 1.42. The zero-order valence-electron chi connectivity index (χ0n) is 12.8. The third-order valence-electron chi connectivity index (χ3n) is 3.32. The molecule has 0 fully saturated rings. The molecule has 0 unspecified atom stereocenters. The number of aryl methyl sites for hydroxylation is 2. The fraction of sp³-hybridized carbons (Fsp3) is 0.267. The Hall–Kier alpha value is -3.03. The van der Waals surface area contributed by atoms with E-state index in [1.165, 1.54) is 35.2 Å². The number of carbonyl (C=O) groups excluding carboxylic acids is 1. The lowest BCUT2D eigenvalue weighted by Gasteiger charge is -2.08. The van der Waals surface area contributed by atoms with E-state index in [1.54, 1.807) is 13.8 Å². The fourth-order valence-corrected chi connectivity index (χ4v) is 2.02. The molecule has 1 amide bonds. The van der Waals surface area contributed by atoms with E-state index in [2.05, 4.69) is 10.3 Å². The topological polar surface area (TPSA) is 107 Å². The van der Waals surface area contributed by atoms with E-state index in [0.717, 1.165) is 0 Å². The first-order valence-electron chi connectivity index (χ1n) is 6.95. The van der Waals surface area contributed by atoms with Crippen molar-refractivity contribution in [3.05, 3.63) is 67.9 Å². The van der Waals surface area contributed by atoms with Gasteiger partial charge in [-0.3, -0.25) is 24.3 Å². The highest BCUT2D eigenvalue weighted by molar-refractivity contribution is 5.94. The van der Waals surface area contributed by atoms with Crippen LogP contribution in [0.4, 0.5) is 5.69 Å². The summed E-state index contributed by atoms with van der Waals surface area (Å²) >= 11 is 0. The molecule has 1 heterocycles. The van der Waals surface area contributed by atoms with Crippen LogP contribution in [-0.2, 0) is 6.54 Å². The molecule has 1 aromatic carbocycles. The highest BCUT2D eigenvalue weighted by Crippen LogP contribution is 2.19. The Kier molecular flexibility index (Phi) is 4.85. The first-order chi connectivity index (χ1) is 10.9. The van der Waals surface area contributed by atoms with Crippen molar-refractivity contribution in [1.82, 2.24) is 14.9 Å². The lowest BCUT2D eigenvalue weighted by molar-refractivity contribution is -0.385. The van der Waals surface area contributed by atoms with Gasteiger partial charge in [0.25, 0.3) is 17.2 Å². The summed E-state index contributed by atoms with van der Waals surface area (Å²) in [5.41, 5.74) is 1.03. The van der Waals surface area contributed by atoms with Crippen LogP contribution in [0.5, 0.6) is 0 Å². The highest BCUT2D eigenvalue weighted by atomic mass is 16.6. The van der Waals surface area contributed by atoms with Crippen LogP contribution in [0.2, 0.25) is 0 Å². The number of aromatic nitrogens is 2. The van der Waals surface area contributed by atoms with Gasteiger partial charge in [0.1, 0.15) is 0 Å². The maximum absolute atomic E-state index is 12.0. The van der Waals surface area contributed by atoms with Gasteiger partial charge in [-0.05, 0) is 19.9 Å². The molecule has 0 bridgehead atoms. The van der Waals surface area contributed by atoms with Gasteiger partial charge in [0, 0.05) is 42.0 Å². The molecule has 0 saturated carbocycles. The molecule has 1 N–H and O–H groups in total. The van der Waals surface area contributed by atoms with Gasteiger partial charge in [0.15, 0.2) is 0 Å². The van der Waals surface area contributed by atoms with Crippen molar-refractivity contribution in [3.8, 4) is 0 Å². The lowest BCUT2D eigenvalue weighted by atomic mass is 10.1. The lowest BCUT2D eigenvalue weighted by Crippen LogP contribution is -2.30. The highest BCUT2D eigenvalue weighted by Gasteiger charge is 2.14. The minimum Gasteiger partial charge on any atom is -0.350 e. The minimum atomic E-state index is -0.524. The number of nitrogens with zero attached hydrogens (tertiary/aromatic N) is 3. The number of nitro benzene ring substituents is 1. The number of nitro groups is 1. The van der Waals surface area contributed by atoms with Crippen molar-refractivity contribution in [3.63, 3.8) is 0 Å². The summed E-state index contributed by atoms with van der Waals surface area (Å²) in [7, 11) is 0. The average molecular weight is 316 g/mol. The summed E-state index contributed by atoms with van der Waals surface area (Å²) in [4.78, 5) is 38.1. The predicted molar refractivity (Wildman–Crippen MR) is 83.4 cm³/mol. The standard InChI is InChI=1S/C15H16N4O4/c1-10-3-4-12(8-13(10)19(22)23)15(21)16-5-6-18-9-17-11(2)7-14(18)20/h3-4,7-9H,5-6H2,1-2H3,(H,16,21). The second-order valence-corrected chi connectivity index (χ2v) is 5.08. The van der Waals surface area contributed by atoms with Gasteiger partial charge in [-0.15, -0.1) is 0 Å². The Morgan fingerprint density at radius 1 is 1.35 bits per heavy atom. The molecule has 0 spiro atoms. The number of nitrogens with one attached hydrogen (secondary N) is 1. The number of amides is 1. The third kappa shape index (κ3) is 4.00. The monoisotopic (exact) mass is 316 g/mol. The van der Waals surface area contributed by atoms with Crippen LogP contribution in [0.25, 0.3) is 0 Å². The molecular weight excluding hydrogens is 300 g/mol. The van der Waals surface area contributed by atoms with Crippen LogP contribution in [0.3, 0.4) is 0 Å². The van der Waals surface area contributed by atoms with Gasteiger partial charge in [-0.2, -0.15) is 0 Å². The van der Waals surface area contributed by atoms with Crippen LogP contribution in [0.1, 0.15) is 21.6 Å². The van der Waals surface area contributed by atoms with Crippen LogP contribution in [0, 0.1) is 24.0 Å². The van der Waals surface area contributed by atoms with Gasteiger partial charge < -0.3 is 5.32 Å². The van der Waals surface area contributed by atoms with Crippen LogP contribution in [-0.4, -0.2) is 26.9 Å². The second-order valence-electron chi connectivity index (χ2n) is 5.08. The molecule has 0 saturated heterocycles. The molecule has 0 aliphatic rings. The van der Waals surface area contributed by atoms with Gasteiger partial charge in [0.05, 0.1) is 11.3 Å². The average Bonchev–Trinajstić information content (AvgIpc) is 2.49. The number of rotatable bonds is 5. The molecule has 0 aliphatic carbocycles. The first kappa shape index (κ1) is 16.3. The van der Waals surface area contributed by atoms with Gasteiger partial charge >= 0.3 is 0 Å². The molecule has 0 aliphatic heterocycles. The van der Waals surface area contributed by atoms with E-state index in [-0.39, 0.29) is 29.9 Å². The van der Waals surface area contributed by atoms with E-state index in [9.17, 15) is 19.7 Å². The maximum atomic E-state index is 12.0. The molecule has 0 radical (unpaired) electrons. The summed E-state index contributed by atoms with van der Waals surface area (Å²) in [5.74, 6) is -0.429. The van der Waals surface area contributed by atoms with Crippen molar-refractivity contribution < 1.29 is 9.72 Å². The van der Waals surface area contributed by atoms with Crippen LogP contribution in [0.15, 0.2) is 35.4 Å². The molecular formula is C15H16N4O4. The number of benzene rings is 1. The Labute approximate surface area is 131 Å². The van der Waals surface area contributed by atoms with Crippen LogP contribution < -0.4 is 10.9 Å². The quantitative estimate of drug-likeness (QED) is 0.659. The van der Waals surface area contributed by atoms with Crippen molar-refractivity contribution >= 4 is 11.6 Å². The van der Waals surface area contributed by atoms with E-state index < -0.39 is 10.8 Å². The van der Waals surface area contributed by atoms with Gasteiger partial charge in [-0.25, -0.2) is 4.98 Å². The van der Waals surface area contributed by atoms with E-state index in [0.29, 0.717) is 11.3 Å². The zero-order valence-corrected chi connectivity index (χ0v) is 12.8. The van der Waals surface area contributed by atoms with Crippen LogP contribution >= 0.6 is 0 Å². The molecule has 2 aromatic rings. The van der Waals surface area contributed by atoms with Crippen molar-refractivity contribution in [2.45, 2.75) is 20.4 Å². The summed E-state index contributed by atoms with van der Waals surface area (Å²) < 4.78 is 1.38. The fourth-order valence-electron chi connectivity index (χ4n) is 2.02. The molecule has 8 nitrogen and oxygen atoms in total. The van der Waals surface area contributed by atoms with E-state index >= 15 is 0 Å². The number of hydrogen-bond acceptors (Lipinski definition) is 5. The third-order valence-corrected chi connectivity index (χ3v) is 3.32. The second kappa shape index (κ2) is 6.82. The van der Waals surface area contributed by atoms with E-state index in [4.69, 9.17) is 0 Å². The zero-order chi connectivity index (χ0) is 17.0. The Morgan fingerprint density at radius 2 is 2.09 bits per heavy atom. The summed E-state index contributed by atoms with van der Waals surface area (Å²) in [6, 6.07) is 5.70. The predicted octanol–water partition coefficient (Wildman–Crippen LogP) is 1.20. The smallest absolute Gasteiger partial charge is 0.273 e. The first-order valence-corrected chi connectivity index (χ1v) is 6.95. The van der Waals surface area contributed by atoms with Gasteiger partial charge in [0.2, 0.25) is 0 Å². The molecule has 120 valence electrons. The minimum absolute atomic E-state index is 0.100. The van der Waals surface area contributed by atoms with Crippen molar-refractivity contribution in [2.24, 2.45) is 0 Å². The SMILES string of the molecule is Cc1cc(=O)n(CCNC(=O)c2ccc(C)c([N+](=O)[O-])c2)cn1. The number of carbonyl (C=O) groups is 1. The summed E-state index contributed by atoms with van der Waals surface area (Å²) in [5, 5.41) is 13.5. The molecule has 1 aromatic heterocycles. The largest absolute Gasteiger partial charge is 0.350 e. The Morgan fingerprint density at radius 3 is 2.74 bits per heavy atom. The summed E-state index contributed by atoms with van der Waals surface area (Å²) in [6.45, 7) is 3.81. The molecule has 8 heteroatoms. The van der Waals surface area contributed by atoms with Crippen molar-refractivity contribution in [1.29, 1.82) is 0 Å². The Balaban J connectivity index is 2.01. The number of hydrogen-bond donors (Lipinski definition) is 1. The maximum Gasteiger partial charge on any atom is 0.273 e. The molecule has 23 heavy (non-hydrogen) atoms. The van der Waals surface area contributed by atoms with E-state index in [1.807, 2.05) is 0 Å². The molecule has 2 rings (SSSR count). The Bertz CT molecular complexity index is 813. The van der Waals surface area contributed by atoms with Crippen molar-refractivity contribution in [2.75, 3.05) is 6.54 Å². The van der Waals surface area contributed by atoms with Gasteiger partial charge in [-0.1, -0.05) is 6.07 Å². The normalized spacial score (nSPS) is 10.3.